The second kappa shape index (κ2) is 8.15. The molecule has 1 aliphatic rings. The van der Waals surface area contributed by atoms with Crippen molar-refractivity contribution >= 4 is 34.0 Å². The minimum atomic E-state index is 0.757. The minimum absolute atomic E-state index is 0.757. The molecule has 1 aliphatic heterocycles. The van der Waals surface area contributed by atoms with Crippen molar-refractivity contribution in [3.05, 3.63) is 72.3 Å². The number of ether oxygens (including phenoxy) is 1. The lowest BCUT2D eigenvalue weighted by Gasteiger charge is -2.26. The van der Waals surface area contributed by atoms with Crippen molar-refractivity contribution < 1.29 is 4.74 Å². The van der Waals surface area contributed by atoms with Gasteiger partial charge in [0.25, 0.3) is 0 Å². The third kappa shape index (κ3) is 3.79. The molecule has 0 unspecified atom stereocenters. The normalized spacial score (nSPS) is 15.6. The molecule has 4 aromatic rings. The molecule has 0 N–H and O–H groups in total. The quantitative estimate of drug-likeness (QED) is 0.483. The van der Waals surface area contributed by atoms with Crippen molar-refractivity contribution in [2.45, 2.75) is 6.54 Å². The number of hydrogen-bond acceptors (Lipinski definition) is 4. The van der Waals surface area contributed by atoms with E-state index in [9.17, 15) is 0 Å². The van der Waals surface area contributed by atoms with Crippen LogP contribution in [-0.2, 0) is 11.3 Å². The predicted octanol–water partition coefficient (Wildman–Crippen LogP) is 4.27. The maximum atomic E-state index is 5.47. The SMILES string of the molecule is C(=Nc1nc2ccccc2n1CCN1CCOCC1)c1cccc2ccccc12. The molecule has 0 saturated carbocycles. The van der Waals surface area contributed by atoms with Gasteiger partial charge in [0.2, 0.25) is 5.95 Å². The first-order valence-electron chi connectivity index (χ1n) is 10.2. The van der Waals surface area contributed by atoms with E-state index in [1.165, 1.54) is 10.8 Å². The number of morpholine rings is 1. The van der Waals surface area contributed by atoms with E-state index in [2.05, 4.69) is 70.1 Å². The highest BCUT2D eigenvalue weighted by molar-refractivity contribution is 6.00. The molecule has 1 fully saturated rings. The molecule has 29 heavy (non-hydrogen) atoms. The van der Waals surface area contributed by atoms with Crippen LogP contribution in [-0.4, -0.2) is 53.5 Å². The Labute approximate surface area is 170 Å². The summed E-state index contributed by atoms with van der Waals surface area (Å²) in [5.74, 6) is 0.757. The Morgan fingerprint density at radius 2 is 1.69 bits per heavy atom. The first kappa shape index (κ1) is 18.0. The number of para-hydroxylation sites is 2. The zero-order chi connectivity index (χ0) is 19.5. The van der Waals surface area contributed by atoms with Crippen LogP contribution >= 0.6 is 0 Å². The van der Waals surface area contributed by atoms with E-state index in [1.807, 2.05) is 12.3 Å². The molecule has 0 radical (unpaired) electrons. The summed E-state index contributed by atoms with van der Waals surface area (Å²) in [4.78, 5) is 12.0. The van der Waals surface area contributed by atoms with Crippen LogP contribution in [0.3, 0.4) is 0 Å². The van der Waals surface area contributed by atoms with Gasteiger partial charge in [-0.25, -0.2) is 9.98 Å². The minimum Gasteiger partial charge on any atom is -0.379 e. The van der Waals surface area contributed by atoms with Gasteiger partial charge in [0.15, 0.2) is 0 Å². The number of fused-ring (bicyclic) bond motifs is 2. The summed E-state index contributed by atoms with van der Waals surface area (Å²) in [6.07, 6.45) is 1.94. The molecule has 0 atom stereocenters. The van der Waals surface area contributed by atoms with Gasteiger partial charge in [-0.05, 0) is 22.9 Å². The Balaban J connectivity index is 1.48. The van der Waals surface area contributed by atoms with Crippen LogP contribution in [0.1, 0.15) is 5.56 Å². The molecule has 146 valence electrons. The highest BCUT2D eigenvalue weighted by Crippen LogP contribution is 2.23. The monoisotopic (exact) mass is 384 g/mol. The molecule has 1 saturated heterocycles. The average Bonchev–Trinajstić information content (AvgIpc) is 3.14. The van der Waals surface area contributed by atoms with E-state index in [1.54, 1.807) is 0 Å². The fourth-order valence-electron chi connectivity index (χ4n) is 3.94. The summed E-state index contributed by atoms with van der Waals surface area (Å²) >= 11 is 0. The van der Waals surface area contributed by atoms with Crippen LogP contribution in [0.15, 0.2) is 71.7 Å². The maximum absolute atomic E-state index is 5.47. The molecule has 3 aromatic carbocycles. The highest BCUT2D eigenvalue weighted by Gasteiger charge is 2.13. The Morgan fingerprint density at radius 3 is 2.62 bits per heavy atom. The first-order valence-corrected chi connectivity index (χ1v) is 10.2. The predicted molar refractivity (Wildman–Crippen MR) is 118 cm³/mol. The van der Waals surface area contributed by atoms with Gasteiger partial charge in [-0.15, -0.1) is 0 Å². The standard InChI is InChI=1S/C24H24N4O/c1-2-9-21-19(6-1)7-5-8-20(21)18-25-24-26-22-10-3-4-11-23(22)28(24)13-12-27-14-16-29-17-15-27/h1-11,18H,12-17H2. The van der Waals surface area contributed by atoms with E-state index in [0.717, 1.165) is 61.9 Å². The summed E-state index contributed by atoms with van der Waals surface area (Å²) in [7, 11) is 0. The van der Waals surface area contributed by atoms with Crippen LogP contribution < -0.4 is 0 Å². The number of imidazole rings is 1. The van der Waals surface area contributed by atoms with Crippen molar-refractivity contribution in [2.75, 3.05) is 32.8 Å². The lowest BCUT2D eigenvalue weighted by Crippen LogP contribution is -2.38. The highest BCUT2D eigenvalue weighted by atomic mass is 16.5. The molecular formula is C24H24N4O. The fourth-order valence-corrected chi connectivity index (χ4v) is 3.94. The van der Waals surface area contributed by atoms with Gasteiger partial charge in [0.05, 0.1) is 24.2 Å². The van der Waals surface area contributed by atoms with Crippen molar-refractivity contribution in [1.29, 1.82) is 0 Å². The third-order valence-electron chi connectivity index (χ3n) is 5.52. The Morgan fingerprint density at radius 1 is 0.897 bits per heavy atom. The molecule has 0 spiro atoms. The summed E-state index contributed by atoms with van der Waals surface area (Å²) < 4.78 is 7.70. The fraction of sp³-hybridized carbons (Fsp3) is 0.250. The van der Waals surface area contributed by atoms with Gasteiger partial charge in [-0.2, -0.15) is 0 Å². The van der Waals surface area contributed by atoms with Gasteiger partial charge >= 0.3 is 0 Å². The van der Waals surface area contributed by atoms with Crippen molar-refractivity contribution in [1.82, 2.24) is 14.5 Å². The summed E-state index contributed by atoms with van der Waals surface area (Å²) in [6, 6.07) is 23.0. The number of aliphatic imine (C=N–C) groups is 1. The molecule has 1 aromatic heterocycles. The van der Waals surface area contributed by atoms with Gasteiger partial charge < -0.3 is 9.30 Å². The molecule has 0 aliphatic carbocycles. The molecule has 0 amide bonds. The molecular weight excluding hydrogens is 360 g/mol. The van der Waals surface area contributed by atoms with Crippen molar-refractivity contribution in [3.8, 4) is 0 Å². The lowest BCUT2D eigenvalue weighted by molar-refractivity contribution is 0.0366. The van der Waals surface area contributed by atoms with E-state index < -0.39 is 0 Å². The summed E-state index contributed by atoms with van der Waals surface area (Å²) in [5.41, 5.74) is 3.22. The first-order chi connectivity index (χ1) is 14.4. The van der Waals surface area contributed by atoms with Gasteiger partial charge in [0.1, 0.15) is 0 Å². The van der Waals surface area contributed by atoms with Gasteiger partial charge in [-0.1, -0.05) is 54.6 Å². The van der Waals surface area contributed by atoms with Crippen LogP contribution in [0.25, 0.3) is 21.8 Å². The number of rotatable bonds is 5. The second-order valence-electron chi connectivity index (χ2n) is 7.33. The van der Waals surface area contributed by atoms with Gasteiger partial charge in [-0.3, -0.25) is 4.90 Å². The maximum Gasteiger partial charge on any atom is 0.230 e. The van der Waals surface area contributed by atoms with E-state index in [0.29, 0.717) is 0 Å². The number of aromatic nitrogens is 2. The van der Waals surface area contributed by atoms with Crippen LogP contribution in [0.4, 0.5) is 5.95 Å². The number of nitrogens with zero attached hydrogens (tertiary/aromatic N) is 4. The van der Waals surface area contributed by atoms with Crippen LogP contribution in [0, 0.1) is 0 Å². The van der Waals surface area contributed by atoms with Crippen molar-refractivity contribution in [2.24, 2.45) is 4.99 Å². The summed E-state index contributed by atoms with van der Waals surface area (Å²) in [6.45, 7) is 5.44. The topological polar surface area (TPSA) is 42.7 Å². The van der Waals surface area contributed by atoms with E-state index in [-0.39, 0.29) is 0 Å². The van der Waals surface area contributed by atoms with Crippen LogP contribution in [0.2, 0.25) is 0 Å². The zero-order valence-corrected chi connectivity index (χ0v) is 16.4. The largest absolute Gasteiger partial charge is 0.379 e. The Kier molecular flexibility index (Phi) is 5.07. The van der Waals surface area contributed by atoms with Crippen LogP contribution in [0.5, 0.6) is 0 Å². The molecule has 5 heteroatoms. The van der Waals surface area contributed by atoms with Crippen molar-refractivity contribution in [3.63, 3.8) is 0 Å². The zero-order valence-electron chi connectivity index (χ0n) is 16.4. The smallest absolute Gasteiger partial charge is 0.230 e. The second-order valence-corrected chi connectivity index (χ2v) is 7.33. The molecule has 5 rings (SSSR count). The Hall–Kier alpha value is -3.02. The van der Waals surface area contributed by atoms with E-state index in [4.69, 9.17) is 14.7 Å². The lowest BCUT2D eigenvalue weighted by atomic mass is 10.1. The molecule has 2 heterocycles. The number of hydrogen-bond donors (Lipinski definition) is 0. The van der Waals surface area contributed by atoms with E-state index >= 15 is 0 Å². The summed E-state index contributed by atoms with van der Waals surface area (Å²) in [5, 5.41) is 2.42. The molecule has 0 bridgehead atoms. The van der Waals surface area contributed by atoms with Gasteiger partial charge in [0, 0.05) is 38.0 Å². The third-order valence-corrected chi connectivity index (χ3v) is 5.52. The number of benzene rings is 3. The average molecular weight is 384 g/mol. The molecule has 5 nitrogen and oxygen atoms in total. The Bertz CT molecular complexity index is 1150.